The van der Waals surface area contributed by atoms with Gasteiger partial charge in [-0.2, -0.15) is 0 Å². The summed E-state index contributed by atoms with van der Waals surface area (Å²) in [5, 5.41) is 3.34. The van der Waals surface area contributed by atoms with Gasteiger partial charge in [-0.3, -0.25) is 4.90 Å². The van der Waals surface area contributed by atoms with Crippen LogP contribution in [0.2, 0.25) is 0 Å². The van der Waals surface area contributed by atoms with Gasteiger partial charge in [-0.05, 0) is 54.5 Å². The van der Waals surface area contributed by atoms with E-state index in [2.05, 4.69) is 61.5 Å². The monoisotopic (exact) mass is 455 g/mol. The molecule has 0 saturated carbocycles. The SMILES string of the molecule is C=CC(=C)N(/C(C)=C/C(=C)Nc1ccccc1)c1cc(-c2ccccc2)cc(-c2ccccc2)n1. The van der Waals surface area contributed by atoms with Crippen LogP contribution in [-0.2, 0) is 0 Å². The topological polar surface area (TPSA) is 28.2 Å². The van der Waals surface area contributed by atoms with E-state index in [1.807, 2.05) is 84.6 Å². The fraction of sp³-hybridized carbons (Fsp3) is 0.0312. The number of benzene rings is 3. The van der Waals surface area contributed by atoms with E-state index < -0.39 is 0 Å². The third kappa shape index (κ3) is 5.84. The normalized spacial score (nSPS) is 10.9. The van der Waals surface area contributed by atoms with Gasteiger partial charge in [0.2, 0.25) is 0 Å². The van der Waals surface area contributed by atoms with Crippen molar-refractivity contribution < 1.29 is 0 Å². The lowest BCUT2D eigenvalue weighted by atomic mass is 10.0. The molecule has 0 aliphatic heterocycles. The Morgan fingerprint density at radius 1 is 0.771 bits per heavy atom. The maximum Gasteiger partial charge on any atom is 0.138 e. The van der Waals surface area contributed by atoms with Crippen molar-refractivity contribution in [3.63, 3.8) is 0 Å². The first kappa shape index (κ1) is 23.5. The van der Waals surface area contributed by atoms with Crippen molar-refractivity contribution >= 4 is 11.5 Å². The summed E-state index contributed by atoms with van der Waals surface area (Å²) in [5.41, 5.74) is 7.51. The summed E-state index contributed by atoms with van der Waals surface area (Å²) < 4.78 is 0. The highest BCUT2D eigenvalue weighted by molar-refractivity contribution is 5.75. The van der Waals surface area contributed by atoms with E-state index in [1.54, 1.807) is 6.08 Å². The van der Waals surface area contributed by atoms with E-state index in [4.69, 9.17) is 4.98 Å². The average molecular weight is 456 g/mol. The van der Waals surface area contributed by atoms with Gasteiger partial charge in [0, 0.05) is 28.3 Å². The van der Waals surface area contributed by atoms with Gasteiger partial charge in [-0.25, -0.2) is 4.98 Å². The van der Waals surface area contributed by atoms with E-state index in [0.29, 0.717) is 0 Å². The molecule has 172 valence electrons. The number of allylic oxidation sites excluding steroid dienone is 3. The number of hydrogen-bond acceptors (Lipinski definition) is 3. The van der Waals surface area contributed by atoms with E-state index in [0.717, 1.165) is 51.0 Å². The standard InChI is InChI=1S/C32H29N3/c1-5-25(3)35(26(4)21-24(2)33-30-19-13-8-14-20-30)32-23-29(27-15-9-6-10-16-27)22-31(34-32)28-17-11-7-12-18-28/h5-23,33H,1-3H2,4H3/b26-21+. The summed E-state index contributed by atoms with van der Waals surface area (Å²) in [7, 11) is 0. The average Bonchev–Trinajstić information content (AvgIpc) is 2.90. The molecule has 0 saturated heterocycles. The molecule has 3 aromatic carbocycles. The van der Waals surface area contributed by atoms with E-state index in [9.17, 15) is 0 Å². The van der Waals surface area contributed by atoms with Crippen molar-refractivity contribution in [1.29, 1.82) is 0 Å². The second-order valence-corrected chi connectivity index (χ2v) is 8.16. The number of para-hydroxylation sites is 1. The Kier molecular flexibility index (Phi) is 7.39. The first-order chi connectivity index (χ1) is 17.0. The number of hydrogen-bond donors (Lipinski definition) is 1. The molecule has 1 N–H and O–H groups in total. The van der Waals surface area contributed by atoms with Crippen LogP contribution in [0.15, 0.2) is 152 Å². The number of nitrogens with one attached hydrogen (secondary N) is 1. The molecule has 0 bridgehead atoms. The predicted octanol–water partition coefficient (Wildman–Crippen LogP) is 8.45. The zero-order valence-electron chi connectivity index (χ0n) is 20.0. The maximum absolute atomic E-state index is 5.04. The van der Waals surface area contributed by atoms with Gasteiger partial charge in [0.15, 0.2) is 0 Å². The van der Waals surface area contributed by atoms with Crippen molar-refractivity contribution in [2.45, 2.75) is 6.92 Å². The van der Waals surface area contributed by atoms with Gasteiger partial charge >= 0.3 is 0 Å². The van der Waals surface area contributed by atoms with Crippen LogP contribution in [0, 0.1) is 0 Å². The lowest BCUT2D eigenvalue weighted by Gasteiger charge is -2.26. The zero-order valence-corrected chi connectivity index (χ0v) is 20.0. The van der Waals surface area contributed by atoms with Gasteiger partial charge in [-0.15, -0.1) is 0 Å². The van der Waals surface area contributed by atoms with Gasteiger partial charge in [0.1, 0.15) is 5.82 Å². The molecule has 1 aromatic heterocycles. The minimum atomic E-state index is 0.725. The van der Waals surface area contributed by atoms with Crippen molar-refractivity contribution in [1.82, 2.24) is 4.98 Å². The van der Waals surface area contributed by atoms with Crippen molar-refractivity contribution in [3.8, 4) is 22.4 Å². The van der Waals surface area contributed by atoms with E-state index >= 15 is 0 Å². The van der Waals surface area contributed by atoms with Crippen LogP contribution in [0.25, 0.3) is 22.4 Å². The first-order valence-electron chi connectivity index (χ1n) is 11.5. The summed E-state index contributed by atoms with van der Waals surface area (Å²) in [4.78, 5) is 7.04. The van der Waals surface area contributed by atoms with Gasteiger partial charge < -0.3 is 5.32 Å². The van der Waals surface area contributed by atoms with E-state index in [-0.39, 0.29) is 0 Å². The Morgan fingerprint density at radius 3 is 1.94 bits per heavy atom. The van der Waals surface area contributed by atoms with Crippen LogP contribution in [0.5, 0.6) is 0 Å². The summed E-state index contributed by atoms with van der Waals surface area (Å²) >= 11 is 0. The molecule has 0 atom stereocenters. The third-order valence-corrected chi connectivity index (χ3v) is 5.55. The summed E-state index contributed by atoms with van der Waals surface area (Å²) in [6, 6.07) is 34.7. The lowest BCUT2D eigenvalue weighted by molar-refractivity contribution is 1.05. The van der Waals surface area contributed by atoms with Crippen molar-refractivity contribution in [2.75, 3.05) is 10.2 Å². The van der Waals surface area contributed by atoms with Gasteiger partial charge in [-0.1, -0.05) is 98.6 Å². The molecule has 0 unspecified atom stereocenters. The van der Waals surface area contributed by atoms with Crippen LogP contribution in [0.3, 0.4) is 0 Å². The first-order valence-corrected chi connectivity index (χ1v) is 11.5. The Bertz CT molecular complexity index is 1300. The number of pyridine rings is 1. The smallest absolute Gasteiger partial charge is 0.138 e. The number of rotatable bonds is 9. The number of aromatic nitrogens is 1. The molecule has 35 heavy (non-hydrogen) atoms. The molecule has 1 heterocycles. The largest absolute Gasteiger partial charge is 0.356 e. The Balaban J connectivity index is 1.79. The zero-order chi connectivity index (χ0) is 24.6. The van der Waals surface area contributed by atoms with E-state index in [1.165, 1.54) is 0 Å². The van der Waals surface area contributed by atoms with Crippen LogP contribution in [-0.4, -0.2) is 4.98 Å². The summed E-state index contributed by atoms with van der Waals surface area (Å²) in [5.74, 6) is 0.761. The van der Waals surface area contributed by atoms with Crippen LogP contribution in [0.1, 0.15) is 6.92 Å². The molecule has 3 nitrogen and oxygen atoms in total. The minimum Gasteiger partial charge on any atom is -0.356 e. The Morgan fingerprint density at radius 2 is 1.34 bits per heavy atom. The van der Waals surface area contributed by atoms with Crippen LogP contribution in [0.4, 0.5) is 11.5 Å². The fourth-order valence-electron chi connectivity index (χ4n) is 3.89. The van der Waals surface area contributed by atoms with Crippen LogP contribution >= 0.6 is 0 Å². The molecule has 0 aliphatic rings. The number of nitrogens with zero attached hydrogens (tertiary/aromatic N) is 2. The summed E-state index contributed by atoms with van der Waals surface area (Å²) in [6.45, 7) is 14.4. The second kappa shape index (κ2) is 11.0. The Labute approximate surface area is 208 Å². The minimum absolute atomic E-state index is 0.725. The maximum atomic E-state index is 5.04. The van der Waals surface area contributed by atoms with Crippen molar-refractivity contribution in [3.05, 3.63) is 152 Å². The predicted molar refractivity (Wildman–Crippen MR) is 150 cm³/mol. The number of anilines is 2. The van der Waals surface area contributed by atoms with Crippen LogP contribution < -0.4 is 10.2 Å². The Hall–Kier alpha value is -4.63. The molecule has 0 fully saturated rings. The summed E-state index contributed by atoms with van der Waals surface area (Å²) in [6.07, 6.45) is 3.73. The molecule has 4 rings (SSSR count). The molecular formula is C32H29N3. The molecule has 0 amide bonds. The molecule has 0 radical (unpaired) electrons. The highest BCUT2D eigenvalue weighted by Gasteiger charge is 2.16. The molecule has 4 aromatic rings. The second-order valence-electron chi connectivity index (χ2n) is 8.16. The quantitative estimate of drug-likeness (QED) is 0.257. The highest BCUT2D eigenvalue weighted by Crippen LogP contribution is 2.32. The molecule has 0 spiro atoms. The van der Waals surface area contributed by atoms with Gasteiger partial charge in [0.05, 0.1) is 5.69 Å². The molecule has 3 heteroatoms. The van der Waals surface area contributed by atoms with Gasteiger partial charge in [0.25, 0.3) is 0 Å². The molecule has 0 aliphatic carbocycles. The lowest BCUT2D eigenvalue weighted by Crippen LogP contribution is -2.20. The third-order valence-electron chi connectivity index (χ3n) is 5.55. The fourth-order valence-corrected chi connectivity index (χ4v) is 3.89. The highest BCUT2D eigenvalue weighted by atomic mass is 15.2. The van der Waals surface area contributed by atoms with Crippen molar-refractivity contribution in [2.24, 2.45) is 0 Å². The molecular weight excluding hydrogens is 426 g/mol.